The van der Waals surface area contributed by atoms with Crippen molar-refractivity contribution in [2.24, 2.45) is 5.84 Å². The van der Waals surface area contributed by atoms with Crippen LogP contribution in [0.3, 0.4) is 0 Å². The SMILES string of the molecule is Cc1cnccc1C(NN)c1cccc2cnccc12. The number of hydrogen-bond donors (Lipinski definition) is 2. The van der Waals surface area contributed by atoms with E-state index in [0.717, 1.165) is 27.5 Å². The first-order valence-electron chi connectivity index (χ1n) is 6.50. The first-order valence-corrected chi connectivity index (χ1v) is 6.50. The summed E-state index contributed by atoms with van der Waals surface area (Å²) in [6.45, 7) is 2.04. The Morgan fingerprint density at radius 3 is 2.60 bits per heavy atom. The molecule has 3 aromatic rings. The summed E-state index contributed by atoms with van der Waals surface area (Å²) in [4.78, 5) is 8.31. The maximum absolute atomic E-state index is 5.81. The van der Waals surface area contributed by atoms with Crippen LogP contribution in [-0.2, 0) is 0 Å². The minimum absolute atomic E-state index is 0.0656. The zero-order valence-corrected chi connectivity index (χ0v) is 11.2. The number of benzene rings is 1. The van der Waals surface area contributed by atoms with Crippen LogP contribution in [0.15, 0.2) is 55.1 Å². The van der Waals surface area contributed by atoms with Gasteiger partial charge in [-0.15, -0.1) is 0 Å². The lowest BCUT2D eigenvalue weighted by Crippen LogP contribution is -2.29. The summed E-state index contributed by atoms with van der Waals surface area (Å²) < 4.78 is 0. The fourth-order valence-corrected chi connectivity index (χ4v) is 2.55. The molecule has 4 heteroatoms. The van der Waals surface area contributed by atoms with Gasteiger partial charge in [0.05, 0.1) is 6.04 Å². The van der Waals surface area contributed by atoms with Crippen molar-refractivity contribution in [3.8, 4) is 0 Å². The number of nitrogens with zero attached hydrogens (tertiary/aromatic N) is 2. The van der Waals surface area contributed by atoms with E-state index >= 15 is 0 Å². The monoisotopic (exact) mass is 264 g/mol. The van der Waals surface area contributed by atoms with E-state index in [9.17, 15) is 0 Å². The molecule has 0 amide bonds. The number of nitrogens with one attached hydrogen (secondary N) is 1. The molecule has 0 aliphatic heterocycles. The van der Waals surface area contributed by atoms with Crippen LogP contribution in [0, 0.1) is 6.92 Å². The Hall–Kier alpha value is -2.30. The average molecular weight is 264 g/mol. The van der Waals surface area contributed by atoms with E-state index in [-0.39, 0.29) is 6.04 Å². The Bertz CT molecular complexity index is 734. The van der Waals surface area contributed by atoms with E-state index in [1.165, 1.54) is 0 Å². The number of aromatic nitrogens is 2. The first kappa shape index (κ1) is 12.7. The summed E-state index contributed by atoms with van der Waals surface area (Å²) >= 11 is 0. The molecular weight excluding hydrogens is 248 g/mol. The Morgan fingerprint density at radius 1 is 1.00 bits per heavy atom. The quantitative estimate of drug-likeness (QED) is 0.563. The number of hydrogen-bond acceptors (Lipinski definition) is 4. The highest BCUT2D eigenvalue weighted by Gasteiger charge is 2.16. The second kappa shape index (κ2) is 5.36. The molecule has 0 aliphatic carbocycles. The van der Waals surface area contributed by atoms with E-state index in [2.05, 4.69) is 27.5 Å². The normalized spacial score (nSPS) is 12.5. The Balaban J connectivity index is 2.20. The van der Waals surface area contributed by atoms with Gasteiger partial charge in [0.2, 0.25) is 0 Å². The first-order chi connectivity index (χ1) is 9.81. The molecule has 0 spiro atoms. The Labute approximate surface area is 117 Å². The van der Waals surface area contributed by atoms with E-state index in [1.54, 1.807) is 12.4 Å². The predicted octanol–water partition coefficient (Wildman–Crippen LogP) is 2.49. The molecule has 3 N–H and O–H groups in total. The van der Waals surface area contributed by atoms with Crippen LogP contribution in [0.4, 0.5) is 0 Å². The van der Waals surface area contributed by atoms with Gasteiger partial charge in [-0.25, -0.2) is 5.43 Å². The molecule has 0 saturated heterocycles. The van der Waals surface area contributed by atoms with Crippen LogP contribution in [0.5, 0.6) is 0 Å². The fourth-order valence-electron chi connectivity index (χ4n) is 2.55. The van der Waals surface area contributed by atoms with E-state index in [0.29, 0.717) is 0 Å². The van der Waals surface area contributed by atoms with E-state index in [4.69, 9.17) is 5.84 Å². The standard InChI is InChI=1S/C16H16N4/c1-11-9-18-7-5-13(11)16(20-17)15-4-2-3-12-10-19-8-6-14(12)15/h2-10,16,20H,17H2,1H3. The average Bonchev–Trinajstić information content (AvgIpc) is 2.50. The van der Waals surface area contributed by atoms with Crippen molar-refractivity contribution in [2.45, 2.75) is 13.0 Å². The predicted molar refractivity (Wildman–Crippen MR) is 79.9 cm³/mol. The second-order valence-electron chi connectivity index (χ2n) is 4.78. The zero-order valence-electron chi connectivity index (χ0n) is 11.2. The number of pyridine rings is 2. The molecule has 1 aromatic carbocycles. The summed E-state index contributed by atoms with van der Waals surface area (Å²) in [5, 5.41) is 2.26. The van der Waals surface area contributed by atoms with Crippen molar-refractivity contribution < 1.29 is 0 Å². The molecule has 100 valence electrons. The molecule has 0 radical (unpaired) electrons. The second-order valence-corrected chi connectivity index (χ2v) is 4.78. The van der Waals surface area contributed by atoms with Gasteiger partial charge in [-0.05, 0) is 41.1 Å². The van der Waals surface area contributed by atoms with Crippen LogP contribution < -0.4 is 11.3 Å². The molecule has 2 heterocycles. The summed E-state index contributed by atoms with van der Waals surface area (Å²) in [7, 11) is 0. The lowest BCUT2D eigenvalue weighted by atomic mass is 9.93. The lowest BCUT2D eigenvalue weighted by Gasteiger charge is -2.20. The van der Waals surface area contributed by atoms with Gasteiger partial charge >= 0.3 is 0 Å². The topological polar surface area (TPSA) is 63.8 Å². The highest BCUT2D eigenvalue weighted by molar-refractivity contribution is 5.85. The van der Waals surface area contributed by atoms with Crippen LogP contribution in [0.1, 0.15) is 22.7 Å². The summed E-state index contributed by atoms with van der Waals surface area (Å²) in [6, 6.07) is 10.1. The smallest absolute Gasteiger partial charge is 0.0719 e. The van der Waals surface area contributed by atoms with Gasteiger partial charge in [0, 0.05) is 30.2 Å². The van der Waals surface area contributed by atoms with Gasteiger partial charge in [0.25, 0.3) is 0 Å². The number of nitrogens with two attached hydrogens (primary N) is 1. The number of fused-ring (bicyclic) bond motifs is 1. The summed E-state index contributed by atoms with van der Waals surface area (Å²) in [6.07, 6.45) is 7.32. The van der Waals surface area contributed by atoms with E-state index < -0.39 is 0 Å². The molecule has 20 heavy (non-hydrogen) atoms. The van der Waals surface area contributed by atoms with Crippen molar-refractivity contribution in [1.82, 2.24) is 15.4 Å². The van der Waals surface area contributed by atoms with Gasteiger partial charge in [0.1, 0.15) is 0 Å². The Kier molecular flexibility index (Phi) is 3.41. The molecule has 4 nitrogen and oxygen atoms in total. The molecule has 0 aliphatic rings. The molecule has 3 rings (SSSR count). The summed E-state index contributed by atoms with van der Waals surface area (Å²) in [5.41, 5.74) is 6.30. The van der Waals surface area contributed by atoms with Crippen LogP contribution in [0.25, 0.3) is 10.8 Å². The number of hydrazine groups is 1. The fraction of sp³-hybridized carbons (Fsp3) is 0.125. The molecule has 0 saturated carbocycles. The Morgan fingerprint density at radius 2 is 1.80 bits per heavy atom. The highest BCUT2D eigenvalue weighted by Crippen LogP contribution is 2.29. The van der Waals surface area contributed by atoms with Crippen LogP contribution in [-0.4, -0.2) is 9.97 Å². The number of rotatable bonds is 3. The van der Waals surface area contributed by atoms with E-state index in [1.807, 2.05) is 37.5 Å². The van der Waals surface area contributed by atoms with Crippen molar-refractivity contribution in [3.63, 3.8) is 0 Å². The van der Waals surface area contributed by atoms with Crippen LogP contribution >= 0.6 is 0 Å². The van der Waals surface area contributed by atoms with Crippen molar-refractivity contribution >= 4 is 10.8 Å². The minimum Gasteiger partial charge on any atom is -0.271 e. The minimum atomic E-state index is -0.0656. The maximum Gasteiger partial charge on any atom is 0.0719 e. The largest absolute Gasteiger partial charge is 0.271 e. The van der Waals surface area contributed by atoms with Crippen molar-refractivity contribution in [1.29, 1.82) is 0 Å². The van der Waals surface area contributed by atoms with Gasteiger partial charge in [-0.3, -0.25) is 15.8 Å². The van der Waals surface area contributed by atoms with Gasteiger partial charge in [-0.2, -0.15) is 0 Å². The maximum atomic E-state index is 5.81. The van der Waals surface area contributed by atoms with Gasteiger partial charge < -0.3 is 0 Å². The molecule has 1 atom stereocenters. The van der Waals surface area contributed by atoms with Crippen molar-refractivity contribution in [3.05, 3.63) is 71.8 Å². The lowest BCUT2D eigenvalue weighted by molar-refractivity contribution is 0.636. The van der Waals surface area contributed by atoms with Gasteiger partial charge in [0.15, 0.2) is 0 Å². The molecular formula is C16H16N4. The molecule has 1 unspecified atom stereocenters. The third-order valence-corrected chi connectivity index (χ3v) is 3.57. The summed E-state index contributed by atoms with van der Waals surface area (Å²) in [5.74, 6) is 5.81. The zero-order chi connectivity index (χ0) is 13.9. The number of aryl methyl sites for hydroxylation is 1. The molecule has 2 aromatic heterocycles. The van der Waals surface area contributed by atoms with Crippen molar-refractivity contribution in [2.75, 3.05) is 0 Å². The molecule has 0 fully saturated rings. The highest BCUT2D eigenvalue weighted by atomic mass is 15.2. The molecule has 0 bridgehead atoms. The third kappa shape index (κ3) is 2.15. The third-order valence-electron chi connectivity index (χ3n) is 3.57. The van der Waals surface area contributed by atoms with Crippen LogP contribution in [0.2, 0.25) is 0 Å². The van der Waals surface area contributed by atoms with Gasteiger partial charge in [-0.1, -0.05) is 18.2 Å².